The van der Waals surface area contributed by atoms with Crippen LogP contribution in [0.25, 0.3) is 0 Å². The molecule has 0 radical (unpaired) electrons. The Morgan fingerprint density at radius 2 is 1.29 bits per heavy atom. The van der Waals surface area contributed by atoms with Gasteiger partial charge in [0, 0.05) is 0 Å². The van der Waals surface area contributed by atoms with E-state index in [1.54, 1.807) is 0 Å². The van der Waals surface area contributed by atoms with Crippen molar-refractivity contribution in [3.05, 3.63) is 60.7 Å². The second-order valence-corrected chi connectivity index (χ2v) is 5.81. The van der Waals surface area contributed by atoms with Gasteiger partial charge in [0.05, 0.1) is 0 Å². The summed E-state index contributed by atoms with van der Waals surface area (Å²) in [5.41, 5.74) is 0. The molecule has 1 unspecified atom stereocenters. The first-order valence-electron chi connectivity index (χ1n) is 4.52. The van der Waals surface area contributed by atoms with Crippen molar-refractivity contribution in [3.8, 4) is 0 Å². The maximum Gasteiger partial charge on any atom is -0.0565 e. The summed E-state index contributed by atoms with van der Waals surface area (Å²) >= 11 is 0. The Kier molecular flexibility index (Phi) is 3.69. The molecule has 0 saturated carbocycles. The Labute approximate surface area is 88.2 Å². The van der Waals surface area contributed by atoms with Crippen LogP contribution in [0, 0.1) is 0 Å². The van der Waals surface area contributed by atoms with Crippen molar-refractivity contribution >= 4 is 27.1 Å². The van der Waals surface area contributed by atoms with E-state index < -0.39 is 0 Å². The summed E-state index contributed by atoms with van der Waals surface area (Å²) in [7, 11) is 2.26. The van der Waals surface area contributed by atoms with Gasteiger partial charge in [-0.3, -0.25) is 0 Å². The fraction of sp³-hybridized carbons (Fsp3) is 0. The van der Waals surface area contributed by atoms with E-state index in [1.165, 1.54) is 18.9 Å². The van der Waals surface area contributed by atoms with Crippen LogP contribution >= 0.6 is 16.5 Å². The molecule has 0 aromatic heterocycles. The maximum atomic E-state index is 2.19. The van der Waals surface area contributed by atoms with Crippen molar-refractivity contribution in [1.29, 1.82) is 0 Å². The van der Waals surface area contributed by atoms with Crippen molar-refractivity contribution < 1.29 is 0 Å². The molecule has 2 aromatic carbocycles. The molecule has 2 rings (SSSR count). The number of benzene rings is 2. The molecule has 0 nitrogen and oxygen atoms in total. The first kappa shape index (κ1) is 9.84. The number of hydrogen-bond donors (Lipinski definition) is 0. The van der Waals surface area contributed by atoms with Crippen LogP contribution in [0.1, 0.15) is 0 Å². The van der Waals surface area contributed by atoms with Crippen molar-refractivity contribution in [2.24, 2.45) is 0 Å². The molecular weight excluding hydrogens is 206 g/mol. The van der Waals surface area contributed by atoms with E-state index in [9.17, 15) is 0 Å². The van der Waals surface area contributed by atoms with Gasteiger partial charge in [-0.2, -0.15) is 5.30 Å². The van der Waals surface area contributed by atoms with Gasteiger partial charge in [0.2, 0.25) is 0 Å². The normalized spacial score (nSPS) is 11.7. The molecule has 2 aromatic rings. The summed E-state index contributed by atoms with van der Waals surface area (Å²) in [5.74, 6) is 0. The molecule has 0 fully saturated rings. The lowest BCUT2D eigenvalue weighted by molar-refractivity contribution is 1.78. The fourth-order valence-corrected chi connectivity index (χ4v) is 3.73. The maximum absolute atomic E-state index is 2.19. The van der Waals surface area contributed by atoms with Gasteiger partial charge in [-0.15, -0.1) is 0 Å². The van der Waals surface area contributed by atoms with Gasteiger partial charge in [0.25, 0.3) is 0 Å². The zero-order valence-corrected chi connectivity index (χ0v) is 9.62. The second kappa shape index (κ2) is 5.25. The monoisotopic (exact) mass is 217 g/mol. The highest BCUT2D eigenvalue weighted by Crippen LogP contribution is 2.34. The van der Waals surface area contributed by atoms with Crippen LogP contribution in [0.3, 0.4) is 0 Å². The SMILES string of the molecule is c1ccc([P-]Pc2ccccc2)cc1. The van der Waals surface area contributed by atoms with Gasteiger partial charge < -0.3 is 8.27 Å². The van der Waals surface area contributed by atoms with E-state index in [-0.39, 0.29) is 0 Å². The van der Waals surface area contributed by atoms with Crippen LogP contribution in [0.5, 0.6) is 0 Å². The largest absolute Gasteiger partial charge is 0.472 e. The predicted octanol–water partition coefficient (Wildman–Crippen LogP) is 3.18. The first-order chi connectivity index (χ1) is 6.95. The lowest BCUT2D eigenvalue weighted by atomic mass is 10.4. The molecule has 0 amide bonds. The Balaban J connectivity index is 1.96. The summed E-state index contributed by atoms with van der Waals surface area (Å²) < 4.78 is 0. The highest BCUT2D eigenvalue weighted by Gasteiger charge is 1.81. The van der Waals surface area contributed by atoms with E-state index in [0.717, 1.165) is 8.27 Å². The van der Waals surface area contributed by atoms with E-state index in [0.29, 0.717) is 0 Å². The quantitative estimate of drug-likeness (QED) is 0.692. The minimum absolute atomic E-state index is 0.854. The van der Waals surface area contributed by atoms with Gasteiger partial charge in [0.1, 0.15) is 0 Å². The summed E-state index contributed by atoms with van der Waals surface area (Å²) in [4.78, 5) is 0. The Hall–Kier alpha value is -0.700. The third kappa shape index (κ3) is 2.91. The average molecular weight is 217 g/mol. The van der Waals surface area contributed by atoms with Crippen molar-refractivity contribution in [2.45, 2.75) is 0 Å². The predicted molar refractivity (Wildman–Crippen MR) is 67.4 cm³/mol. The van der Waals surface area contributed by atoms with Gasteiger partial charge in [0.15, 0.2) is 0 Å². The lowest BCUT2D eigenvalue weighted by Crippen LogP contribution is -1.92. The molecule has 70 valence electrons. The molecule has 0 aliphatic carbocycles. The first-order valence-corrected chi connectivity index (χ1v) is 7.25. The molecule has 2 heteroatoms. The minimum Gasteiger partial charge on any atom is -0.472 e. The van der Waals surface area contributed by atoms with Crippen molar-refractivity contribution in [1.82, 2.24) is 0 Å². The van der Waals surface area contributed by atoms with Crippen LogP contribution in [0.4, 0.5) is 0 Å². The molecule has 0 spiro atoms. The third-order valence-corrected chi connectivity index (χ3v) is 4.99. The van der Waals surface area contributed by atoms with Crippen molar-refractivity contribution in [3.63, 3.8) is 0 Å². The smallest absolute Gasteiger partial charge is 0.0565 e. The van der Waals surface area contributed by atoms with Gasteiger partial charge in [-0.25, -0.2) is 8.27 Å². The molecule has 1 atom stereocenters. The number of rotatable bonds is 3. The molecule has 0 saturated heterocycles. The van der Waals surface area contributed by atoms with E-state index >= 15 is 0 Å². The number of hydrogen-bond acceptors (Lipinski definition) is 0. The highest BCUT2D eigenvalue weighted by molar-refractivity contribution is 8.18. The lowest BCUT2D eigenvalue weighted by Gasteiger charge is -2.18. The third-order valence-electron chi connectivity index (χ3n) is 1.84. The highest BCUT2D eigenvalue weighted by atomic mass is 32.0. The van der Waals surface area contributed by atoms with Crippen LogP contribution in [0.15, 0.2) is 60.7 Å². The summed E-state index contributed by atoms with van der Waals surface area (Å²) in [6.07, 6.45) is 0. The molecule has 14 heavy (non-hydrogen) atoms. The van der Waals surface area contributed by atoms with Gasteiger partial charge in [-0.1, -0.05) is 66.0 Å². The Bertz CT molecular complexity index is 331. The van der Waals surface area contributed by atoms with Gasteiger partial charge >= 0.3 is 0 Å². The zero-order valence-electron chi connectivity index (χ0n) is 7.72. The molecule has 0 bridgehead atoms. The summed E-state index contributed by atoms with van der Waals surface area (Å²) in [6, 6.07) is 21.2. The van der Waals surface area contributed by atoms with Crippen LogP contribution in [-0.4, -0.2) is 0 Å². The van der Waals surface area contributed by atoms with E-state index in [4.69, 9.17) is 0 Å². The van der Waals surface area contributed by atoms with Crippen LogP contribution in [0.2, 0.25) is 0 Å². The standard InChI is InChI=1S/C12H11P2/c1-3-7-11(8-4-1)13-14-12-9-5-2-6-10-12/h1-10,13H/q-1. The Morgan fingerprint density at radius 3 is 1.93 bits per heavy atom. The molecule has 0 heterocycles. The molecule has 0 N–H and O–H groups in total. The molecular formula is C12H11P2-. The second-order valence-electron chi connectivity index (χ2n) is 2.93. The van der Waals surface area contributed by atoms with Gasteiger partial charge in [-0.05, 0) is 0 Å². The Morgan fingerprint density at radius 1 is 0.714 bits per heavy atom. The summed E-state index contributed by atoms with van der Waals surface area (Å²) in [6.45, 7) is 0. The van der Waals surface area contributed by atoms with Crippen LogP contribution in [-0.2, 0) is 0 Å². The molecule has 0 aliphatic rings. The van der Waals surface area contributed by atoms with E-state index in [1.807, 2.05) is 0 Å². The van der Waals surface area contributed by atoms with E-state index in [2.05, 4.69) is 60.7 Å². The fourth-order valence-electron chi connectivity index (χ4n) is 1.14. The summed E-state index contributed by atoms with van der Waals surface area (Å²) in [5, 5.41) is 2.83. The average Bonchev–Trinajstić information content (AvgIpc) is 2.29. The van der Waals surface area contributed by atoms with Crippen molar-refractivity contribution in [2.75, 3.05) is 0 Å². The minimum atomic E-state index is 0.854. The van der Waals surface area contributed by atoms with Crippen LogP contribution < -0.4 is 10.6 Å². The topological polar surface area (TPSA) is 0 Å². The molecule has 0 aliphatic heterocycles. The zero-order chi connectivity index (χ0) is 9.64.